The van der Waals surface area contributed by atoms with Crippen molar-refractivity contribution in [2.45, 2.75) is 0 Å². The van der Waals surface area contributed by atoms with Crippen LogP contribution in [0.1, 0.15) is 5.56 Å². The van der Waals surface area contributed by atoms with E-state index in [1.165, 1.54) is 24.3 Å². The van der Waals surface area contributed by atoms with Gasteiger partial charge in [0.05, 0.1) is 0 Å². The summed E-state index contributed by atoms with van der Waals surface area (Å²) >= 11 is 0. The summed E-state index contributed by atoms with van der Waals surface area (Å²) < 4.78 is 24.7. The van der Waals surface area contributed by atoms with Gasteiger partial charge in [0.25, 0.3) is 11.0 Å². The zero-order valence-electron chi connectivity index (χ0n) is 6.56. The highest BCUT2D eigenvalue weighted by atomic mass is 32.2. The van der Waals surface area contributed by atoms with Crippen molar-refractivity contribution in [2.75, 3.05) is 0 Å². The molecule has 1 aromatic carbocycles. The van der Waals surface area contributed by atoms with E-state index in [1.54, 1.807) is 0 Å². The van der Waals surface area contributed by atoms with E-state index in [9.17, 15) is 8.42 Å². The van der Waals surface area contributed by atoms with Crippen molar-refractivity contribution in [1.29, 1.82) is 5.41 Å². The van der Waals surface area contributed by atoms with Gasteiger partial charge in [0.2, 0.25) is 0 Å². The minimum absolute atomic E-state index is 0.0712. The van der Waals surface area contributed by atoms with Crippen LogP contribution < -0.4 is 9.92 Å². The lowest BCUT2D eigenvalue weighted by Gasteiger charge is -1.99. The summed E-state index contributed by atoms with van der Waals surface area (Å²) in [4.78, 5) is 0. The van der Waals surface area contributed by atoms with E-state index < -0.39 is 11.0 Å². The lowest BCUT2D eigenvalue weighted by Crippen LogP contribution is -2.10. The van der Waals surface area contributed by atoms with Gasteiger partial charge < -0.3 is 9.92 Å². The molecule has 0 heterocycles. The van der Waals surface area contributed by atoms with Gasteiger partial charge in [-0.05, 0) is 24.3 Å². The lowest BCUT2D eigenvalue weighted by molar-refractivity contribution is 0.510. The van der Waals surface area contributed by atoms with Gasteiger partial charge in [-0.25, -0.2) is 0 Å². The van der Waals surface area contributed by atoms with Crippen molar-refractivity contribution >= 4 is 16.8 Å². The molecule has 0 aromatic heterocycles. The summed E-state index contributed by atoms with van der Waals surface area (Å²) in [5, 5.41) is 7.06. The van der Waals surface area contributed by atoms with Crippen LogP contribution in [-0.2, 0) is 11.0 Å². The Balaban J connectivity index is 2.87. The Bertz CT molecular complexity index is 375. The van der Waals surface area contributed by atoms with Crippen LogP contribution in [0.3, 0.4) is 0 Å². The molecule has 1 rings (SSSR count). The van der Waals surface area contributed by atoms with Crippen LogP contribution in [0.25, 0.3) is 0 Å². The van der Waals surface area contributed by atoms with Gasteiger partial charge >= 0.3 is 0 Å². The Kier molecular flexibility index (Phi) is 2.86. The number of hydrogen-bond donors (Lipinski definition) is 3. The molecule has 6 heteroatoms. The lowest BCUT2D eigenvalue weighted by atomic mass is 10.2. The predicted molar refractivity (Wildman–Crippen MR) is 48.4 cm³/mol. The third kappa shape index (κ3) is 2.75. The van der Waals surface area contributed by atoms with Gasteiger partial charge in [0.15, 0.2) is 0 Å². The fourth-order valence-electron chi connectivity index (χ4n) is 0.781. The molecule has 13 heavy (non-hydrogen) atoms. The molecule has 1 aromatic rings. The van der Waals surface area contributed by atoms with Gasteiger partial charge in [0, 0.05) is 5.56 Å². The zero-order chi connectivity index (χ0) is 9.84. The number of nitrogens with two attached hydrogens (primary N) is 1. The highest BCUT2D eigenvalue weighted by Gasteiger charge is 1.97. The summed E-state index contributed by atoms with van der Waals surface area (Å²) in [6.45, 7) is 0. The number of rotatable bonds is 3. The number of benzene rings is 1. The highest BCUT2D eigenvalue weighted by Crippen LogP contribution is 2.11. The first-order chi connectivity index (χ1) is 6.09. The molecule has 3 N–H and O–H groups in total. The first-order valence-corrected chi connectivity index (χ1v) is 4.46. The van der Waals surface area contributed by atoms with E-state index in [4.69, 9.17) is 11.1 Å². The Labute approximate surface area is 76.8 Å². The van der Waals surface area contributed by atoms with Gasteiger partial charge in [0.1, 0.15) is 11.6 Å². The van der Waals surface area contributed by atoms with Gasteiger partial charge in [-0.1, -0.05) is 0 Å². The maximum absolute atomic E-state index is 10.1. The van der Waals surface area contributed by atoms with Crippen molar-refractivity contribution in [3.8, 4) is 5.75 Å². The third-order valence-corrected chi connectivity index (χ3v) is 1.71. The summed E-state index contributed by atoms with van der Waals surface area (Å²) in [5.74, 6) is 0.138. The molecule has 5 nitrogen and oxygen atoms in total. The molecule has 0 spiro atoms. The van der Waals surface area contributed by atoms with Crippen molar-refractivity contribution in [3.05, 3.63) is 29.8 Å². The quantitative estimate of drug-likeness (QED) is 0.360. The molecule has 0 aliphatic heterocycles. The van der Waals surface area contributed by atoms with Crippen LogP contribution >= 0.6 is 0 Å². The first-order valence-electron chi connectivity index (χ1n) is 3.36. The number of amidine groups is 1. The van der Waals surface area contributed by atoms with E-state index in [1.807, 2.05) is 0 Å². The topological polar surface area (TPSA) is 93.2 Å². The Hall–Kier alpha value is -1.56. The van der Waals surface area contributed by atoms with Gasteiger partial charge in [-0.15, -0.1) is 0 Å². The molecule has 0 radical (unpaired) electrons. The second-order valence-electron chi connectivity index (χ2n) is 2.25. The summed E-state index contributed by atoms with van der Waals surface area (Å²) in [6.07, 6.45) is 0. The molecule has 0 aliphatic rings. The standard InChI is InChI=1S/C7H8N2O3S/c8-7(9)5-1-3-6(4-2-5)12-13(10)11/h1-4,13H,(H3,8,9). The van der Waals surface area contributed by atoms with E-state index in [0.717, 1.165) is 0 Å². The molecule has 0 saturated carbocycles. The van der Waals surface area contributed by atoms with E-state index >= 15 is 0 Å². The molecule has 0 saturated heterocycles. The Morgan fingerprint density at radius 1 is 1.31 bits per heavy atom. The van der Waals surface area contributed by atoms with Crippen LogP contribution in [0.2, 0.25) is 0 Å². The highest BCUT2D eigenvalue weighted by molar-refractivity contribution is 7.67. The van der Waals surface area contributed by atoms with Crippen LogP contribution in [0.15, 0.2) is 24.3 Å². The van der Waals surface area contributed by atoms with Crippen molar-refractivity contribution in [2.24, 2.45) is 5.73 Å². The largest absolute Gasteiger partial charge is 0.384 e. The fourth-order valence-corrected chi connectivity index (χ4v) is 1.08. The molecular formula is C7H8N2O3S. The van der Waals surface area contributed by atoms with E-state index in [-0.39, 0.29) is 11.6 Å². The van der Waals surface area contributed by atoms with E-state index in [2.05, 4.69) is 4.18 Å². The van der Waals surface area contributed by atoms with Crippen LogP contribution in [-0.4, -0.2) is 14.3 Å². The number of thiol groups is 1. The maximum atomic E-state index is 10.1. The molecular weight excluding hydrogens is 192 g/mol. The minimum Gasteiger partial charge on any atom is -0.384 e. The van der Waals surface area contributed by atoms with Crippen LogP contribution in [0.5, 0.6) is 5.75 Å². The van der Waals surface area contributed by atoms with E-state index in [0.29, 0.717) is 5.56 Å². The average molecular weight is 200 g/mol. The molecule has 0 atom stereocenters. The SMILES string of the molecule is N=C(N)c1ccc(O[SH](=O)=O)cc1. The third-order valence-electron chi connectivity index (χ3n) is 1.35. The predicted octanol–water partition coefficient (Wildman–Crippen LogP) is -0.124. The minimum atomic E-state index is -2.89. The Morgan fingerprint density at radius 3 is 2.23 bits per heavy atom. The van der Waals surface area contributed by atoms with Crippen LogP contribution in [0, 0.1) is 5.41 Å². The van der Waals surface area contributed by atoms with Crippen molar-refractivity contribution in [3.63, 3.8) is 0 Å². The molecule has 0 amide bonds. The van der Waals surface area contributed by atoms with Crippen LogP contribution in [0.4, 0.5) is 0 Å². The van der Waals surface area contributed by atoms with Gasteiger partial charge in [-0.3, -0.25) is 5.41 Å². The second-order valence-corrected chi connectivity index (χ2v) is 2.88. The first kappa shape index (κ1) is 9.53. The molecule has 0 fully saturated rings. The zero-order valence-corrected chi connectivity index (χ0v) is 7.45. The molecule has 0 aliphatic carbocycles. The summed E-state index contributed by atoms with van der Waals surface area (Å²) in [5.41, 5.74) is 5.71. The monoisotopic (exact) mass is 200 g/mol. The molecule has 0 bridgehead atoms. The second kappa shape index (κ2) is 3.90. The molecule has 0 unspecified atom stereocenters. The fraction of sp³-hybridized carbons (Fsp3) is 0. The maximum Gasteiger partial charge on any atom is 0.299 e. The average Bonchev–Trinajstić information content (AvgIpc) is 2.04. The summed E-state index contributed by atoms with van der Waals surface area (Å²) in [6, 6.07) is 5.89. The number of nitrogen functional groups attached to an aromatic ring is 1. The number of nitrogens with one attached hydrogen (secondary N) is 1. The van der Waals surface area contributed by atoms with Gasteiger partial charge in [-0.2, -0.15) is 8.42 Å². The summed E-state index contributed by atoms with van der Waals surface area (Å²) in [7, 11) is -2.89. The molecule has 70 valence electrons. The Morgan fingerprint density at radius 2 is 1.85 bits per heavy atom. The smallest absolute Gasteiger partial charge is 0.299 e. The normalized spacial score (nSPS) is 9.92. The van der Waals surface area contributed by atoms with Crippen molar-refractivity contribution < 1.29 is 12.6 Å². The van der Waals surface area contributed by atoms with Crippen molar-refractivity contribution in [1.82, 2.24) is 0 Å². The number of hydrogen-bond acceptors (Lipinski definition) is 4.